The predicted molar refractivity (Wildman–Crippen MR) is 85.0 cm³/mol. The van der Waals surface area contributed by atoms with E-state index in [0.29, 0.717) is 12.8 Å². The van der Waals surface area contributed by atoms with Crippen molar-refractivity contribution in [2.24, 2.45) is 11.7 Å². The van der Waals surface area contributed by atoms with E-state index in [-0.39, 0.29) is 19.1 Å². The number of carboxylic acid groups (broad SMARTS) is 1. The molecule has 1 aromatic rings. The van der Waals surface area contributed by atoms with Gasteiger partial charge in [-0.1, -0.05) is 30.3 Å². The highest BCUT2D eigenvalue weighted by Gasteiger charge is 2.35. The first kappa shape index (κ1) is 17.6. The molecule has 3 amide bonds. The molecule has 0 aromatic heterocycles. The van der Waals surface area contributed by atoms with E-state index in [4.69, 9.17) is 15.6 Å². The molecule has 1 aromatic carbocycles. The lowest BCUT2D eigenvalue weighted by molar-refractivity contribution is -0.123. The number of amides is 3. The summed E-state index contributed by atoms with van der Waals surface area (Å²) in [5, 5.41) is 13.8. The van der Waals surface area contributed by atoms with Crippen LogP contribution in [0.4, 0.5) is 9.59 Å². The molecule has 8 nitrogen and oxygen atoms in total. The van der Waals surface area contributed by atoms with Crippen molar-refractivity contribution < 1.29 is 24.2 Å². The molecule has 3 atom stereocenters. The zero-order valence-corrected chi connectivity index (χ0v) is 13.1. The van der Waals surface area contributed by atoms with Gasteiger partial charge in [-0.3, -0.25) is 4.79 Å². The van der Waals surface area contributed by atoms with Crippen LogP contribution in [-0.4, -0.2) is 35.3 Å². The number of carbonyl (C=O) groups is 3. The molecule has 0 bridgehead atoms. The summed E-state index contributed by atoms with van der Waals surface area (Å²) in [7, 11) is 0. The fourth-order valence-electron chi connectivity index (χ4n) is 2.88. The van der Waals surface area contributed by atoms with E-state index >= 15 is 0 Å². The third-order valence-corrected chi connectivity index (χ3v) is 4.06. The van der Waals surface area contributed by atoms with E-state index in [1.807, 2.05) is 30.3 Å². The Balaban J connectivity index is 1.86. The quantitative estimate of drug-likeness (QED) is 0.642. The molecule has 0 aliphatic heterocycles. The summed E-state index contributed by atoms with van der Waals surface area (Å²) >= 11 is 0. The van der Waals surface area contributed by atoms with Crippen LogP contribution in [0.2, 0.25) is 0 Å². The zero-order chi connectivity index (χ0) is 17.5. The molecule has 1 aliphatic rings. The number of hydrogen-bond acceptors (Lipinski definition) is 4. The molecule has 0 saturated heterocycles. The van der Waals surface area contributed by atoms with Crippen molar-refractivity contribution in [3.63, 3.8) is 0 Å². The van der Waals surface area contributed by atoms with Gasteiger partial charge in [-0.25, -0.2) is 9.59 Å². The van der Waals surface area contributed by atoms with Gasteiger partial charge in [0.1, 0.15) is 6.61 Å². The number of ether oxygens (including phenoxy) is 1. The maximum absolute atomic E-state index is 11.9. The molecule has 1 unspecified atom stereocenters. The third-order valence-electron chi connectivity index (χ3n) is 4.06. The van der Waals surface area contributed by atoms with Gasteiger partial charge < -0.3 is 26.2 Å². The maximum atomic E-state index is 11.9. The van der Waals surface area contributed by atoms with E-state index in [0.717, 1.165) is 5.56 Å². The summed E-state index contributed by atoms with van der Waals surface area (Å²) in [6, 6.07) is 8.42. The monoisotopic (exact) mass is 335 g/mol. The Kier molecular flexibility index (Phi) is 6.00. The number of rotatable bonds is 5. The Hall–Kier alpha value is -2.77. The molecule has 130 valence electrons. The minimum Gasteiger partial charge on any atom is -0.465 e. The molecule has 0 spiro atoms. The highest BCUT2D eigenvalue weighted by molar-refractivity contribution is 5.79. The largest absolute Gasteiger partial charge is 0.465 e. The predicted octanol–water partition coefficient (Wildman–Crippen LogP) is 1.20. The smallest absolute Gasteiger partial charge is 0.407 e. The van der Waals surface area contributed by atoms with Crippen molar-refractivity contribution >= 4 is 18.1 Å². The van der Waals surface area contributed by atoms with E-state index in [2.05, 4.69) is 10.6 Å². The molecular weight excluding hydrogens is 314 g/mol. The van der Waals surface area contributed by atoms with Crippen LogP contribution in [-0.2, 0) is 16.1 Å². The highest BCUT2D eigenvalue weighted by Crippen LogP contribution is 2.25. The number of nitrogens with two attached hydrogens (primary N) is 1. The van der Waals surface area contributed by atoms with Crippen LogP contribution in [0.3, 0.4) is 0 Å². The number of carbonyl (C=O) groups excluding carboxylic acids is 2. The normalized spacial score (nSPS) is 23.1. The Morgan fingerprint density at radius 3 is 2.50 bits per heavy atom. The summed E-state index contributed by atoms with van der Waals surface area (Å²) in [4.78, 5) is 34.2. The van der Waals surface area contributed by atoms with Crippen LogP contribution >= 0.6 is 0 Å². The van der Waals surface area contributed by atoms with Gasteiger partial charge in [0.2, 0.25) is 5.91 Å². The number of primary amides is 1. The van der Waals surface area contributed by atoms with Crippen LogP contribution < -0.4 is 16.4 Å². The van der Waals surface area contributed by atoms with Gasteiger partial charge in [0, 0.05) is 12.1 Å². The van der Waals surface area contributed by atoms with Gasteiger partial charge in [0.15, 0.2) is 0 Å². The average Bonchev–Trinajstić information content (AvgIpc) is 2.54. The summed E-state index contributed by atoms with van der Waals surface area (Å²) in [5.41, 5.74) is 6.24. The Labute approximate surface area is 139 Å². The fraction of sp³-hybridized carbons (Fsp3) is 0.438. The molecule has 1 saturated carbocycles. The van der Waals surface area contributed by atoms with Crippen molar-refractivity contribution in [2.45, 2.75) is 38.0 Å². The van der Waals surface area contributed by atoms with Crippen molar-refractivity contribution in [3.8, 4) is 0 Å². The van der Waals surface area contributed by atoms with Gasteiger partial charge in [0.25, 0.3) is 0 Å². The van der Waals surface area contributed by atoms with Gasteiger partial charge in [-0.15, -0.1) is 0 Å². The van der Waals surface area contributed by atoms with Crippen molar-refractivity contribution in [2.75, 3.05) is 0 Å². The lowest BCUT2D eigenvalue weighted by atomic mass is 9.81. The maximum Gasteiger partial charge on any atom is 0.407 e. The molecule has 2 rings (SSSR count). The minimum absolute atomic E-state index is 0.129. The van der Waals surface area contributed by atoms with Crippen LogP contribution in [0, 0.1) is 5.92 Å². The highest BCUT2D eigenvalue weighted by atomic mass is 16.5. The first-order valence-electron chi connectivity index (χ1n) is 7.71. The molecule has 1 aliphatic carbocycles. The van der Waals surface area contributed by atoms with Crippen LogP contribution in [0.5, 0.6) is 0 Å². The van der Waals surface area contributed by atoms with Crippen LogP contribution in [0.1, 0.15) is 24.8 Å². The van der Waals surface area contributed by atoms with Gasteiger partial charge in [-0.2, -0.15) is 0 Å². The lowest BCUT2D eigenvalue weighted by Crippen LogP contribution is -2.52. The molecular formula is C16H21N3O5. The second-order valence-corrected chi connectivity index (χ2v) is 5.78. The first-order valence-corrected chi connectivity index (χ1v) is 7.71. The van der Waals surface area contributed by atoms with Gasteiger partial charge in [-0.05, 0) is 24.8 Å². The average molecular weight is 335 g/mol. The van der Waals surface area contributed by atoms with Crippen LogP contribution in [0.25, 0.3) is 0 Å². The van der Waals surface area contributed by atoms with E-state index < -0.39 is 30.1 Å². The molecule has 1 fully saturated rings. The molecule has 0 radical (unpaired) electrons. The molecule has 8 heteroatoms. The SMILES string of the molecule is NC(=O)[C@@H]1CC(NC(=O)O)CC[C@@H]1NC(=O)OCc1ccccc1. The summed E-state index contributed by atoms with van der Waals surface area (Å²) in [6.45, 7) is 0.129. The van der Waals surface area contributed by atoms with E-state index in [9.17, 15) is 14.4 Å². The summed E-state index contributed by atoms with van der Waals surface area (Å²) in [5.74, 6) is -1.21. The summed E-state index contributed by atoms with van der Waals surface area (Å²) in [6.07, 6.45) is -0.555. The Morgan fingerprint density at radius 2 is 1.88 bits per heavy atom. The number of nitrogens with one attached hydrogen (secondary N) is 2. The first-order chi connectivity index (χ1) is 11.5. The standard InChI is InChI=1S/C16H21N3O5/c17-14(20)12-8-11(18-15(21)22)6-7-13(12)19-16(23)24-9-10-4-2-1-3-5-10/h1-5,11-13,18H,6-9H2,(H2,17,20)(H,19,23)(H,21,22)/t11?,12-,13+/m1/s1. The second-order valence-electron chi connectivity index (χ2n) is 5.78. The van der Waals surface area contributed by atoms with E-state index in [1.54, 1.807) is 0 Å². The van der Waals surface area contributed by atoms with Gasteiger partial charge in [0.05, 0.1) is 5.92 Å². The molecule has 24 heavy (non-hydrogen) atoms. The number of alkyl carbamates (subject to hydrolysis) is 1. The second kappa shape index (κ2) is 8.19. The Bertz CT molecular complexity index is 593. The van der Waals surface area contributed by atoms with E-state index in [1.165, 1.54) is 0 Å². The van der Waals surface area contributed by atoms with Crippen molar-refractivity contribution in [1.82, 2.24) is 10.6 Å². The fourth-order valence-corrected chi connectivity index (χ4v) is 2.88. The van der Waals surface area contributed by atoms with Crippen LogP contribution in [0.15, 0.2) is 30.3 Å². The number of hydrogen-bond donors (Lipinski definition) is 4. The molecule has 5 N–H and O–H groups in total. The minimum atomic E-state index is -1.14. The molecule has 0 heterocycles. The zero-order valence-electron chi connectivity index (χ0n) is 13.1. The van der Waals surface area contributed by atoms with Crippen molar-refractivity contribution in [1.29, 1.82) is 0 Å². The Morgan fingerprint density at radius 1 is 1.17 bits per heavy atom. The summed E-state index contributed by atoms with van der Waals surface area (Å²) < 4.78 is 5.14. The van der Waals surface area contributed by atoms with Gasteiger partial charge >= 0.3 is 12.2 Å². The third kappa shape index (κ3) is 5.15. The van der Waals surface area contributed by atoms with Crippen molar-refractivity contribution in [3.05, 3.63) is 35.9 Å². The lowest BCUT2D eigenvalue weighted by Gasteiger charge is -2.34. The number of benzene rings is 1. The topological polar surface area (TPSA) is 131 Å².